The van der Waals surface area contributed by atoms with Gasteiger partial charge >= 0.3 is 0 Å². The van der Waals surface area contributed by atoms with E-state index >= 15 is 0 Å². The minimum absolute atomic E-state index is 0. The van der Waals surface area contributed by atoms with Crippen LogP contribution in [-0.2, 0) is 10.2 Å². The summed E-state index contributed by atoms with van der Waals surface area (Å²) in [5.74, 6) is 0.218. The lowest BCUT2D eigenvalue weighted by molar-refractivity contribution is -0.139. The fourth-order valence-electron chi connectivity index (χ4n) is 2.68. The summed E-state index contributed by atoms with van der Waals surface area (Å²) in [7, 11) is 0. The first kappa shape index (κ1) is 17.5. The Hall–Kier alpha value is -0.580. The van der Waals surface area contributed by atoms with Crippen LogP contribution in [0.3, 0.4) is 0 Å². The van der Waals surface area contributed by atoms with Gasteiger partial charge in [0.2, 0.25) is 5.91 Å². The van der Waals surface area contributed by atoms with Gasteiger partial charge in [-0.15, -0.1) is 23.7 Å². The Morgan fingerprint density at radius 2 is 2.15 bits per heavy atom. The van der Waals surface area contributed by atoms with Crippen molar-refractivity contribution in [2.45, 2.75) is 45.6 Å². The van der Waals surface area contributed by atoms with Crippen molar-refractivity contribution in [3.8, 4) is 0 Å². The lowest BCUT2D eigenvalue weighted by Crippen LogP contribution is -2.56. The molecule has 0 aliphatic carbocycles. The Kier molecular flexibility index (Phi) is 5.28. The van der Waals surface area contributed by atoms with Crippen molar-refractivity contribution in [2.75, 3.05) is 13.1 Å². The number of piperidine rings is 1. The number of carbonyl (C=O) groups excluding carboxylic acids is 1. The van der Waals surface area contributed by atoms with Crippen molar-refractivity contribution >= 4 is 29.7 Å². The minimum Gasteiger partial charge on any atom is -0.341 e. The molecule has 2 rings (SSSR count). The molecule has 2 N–H and O–H groups in total. The first-order chi connectivity index (χ1) is 8.75. The van der Waals surface area contributed by atoms with Crippen LogP contribution in [0.2, 0.25) is 0 Å². The molecule has 0 aromatic carbocycles. The molecule has 3 nitrogen and oxygen atoms in total. The van der Waals surface area contributed by atoms with Crippen molar-refractivity contribution in [1.29, 1.82) is 0 Å². The van der Waals surface area contributed by atoms with Gasteiger partial charge in [0.15, 0.2) is 0 Å². The summed E-state index contributed by atoms with van der Waals surface area (Å²) < 4.78 is 0. The molecule has 114 valence electrons. The molecule has 1 atom stereocenters. The fourth-order valence-corrected chi connectivity index (χ4v) is 3.52. The van der Waals surface area contributed by atoms with Crippen molar-refractivity contribution < 1.29 is 4.79 Å². The minimum atomic E-state index is -0.439. The van der Waals surface area contributed by atoms with Crippen LogP contribution >= 0.6 is 23.7 Å². The number of amides is 1. The largest absolute Gasteiger partial charge is 0.341 e. The van der Waals surface area contributed by atoms with E-state index in [9.17, 15) is 4.79 Å². The van der Waals surface area contributed by atoms with Crippen LogP contribution in [0.15, 0.2) is 17.5 Å². The number of rotatable bonds is 2. The normalized spacial score (nSPS) is 22.2. The summed E-state index contributed by atoms with van der Waals surface area (Å²) in [6.07, 6.45) is 0.888. The van der Waals surface area contributed by atoms with E-state index in [0.717, 1.165) is 24.4 Å². The molecule has 20 heavy (non-hydrogen) atoms. The van der Waals surface area contributed by atoms with Gasteiger partial charge in [-0.2, -0.15) is 0 Å². The van der Waals surface area contributed by atoms with Gasteiger partial charge in [-0.3, -0.25) is 4.79 Å². The smallest absolute Gasteiger partial charge is 0.233 e. The van der Waals surface area contributed by atoms with Crippen LogP contribution in [0.25, 0.3) is 0 Å². The molecule has 2 heterocycles. The van der Waals surface area contributed by atoms with E-state index in [1.807, 2.05) is 36.3 Å². The number of halogens is 1. The van der Waals surface area contributed by atoms with Gasteiger partial charge in [0, 0.05) is 24.0 Å². The number of nitrogens with zero attached hydrogens (tertiary/aromatic N) is 1. The molecule has 1 aromatic rings. The molecule has 0 spiro atoms. The van der Waals surface area contributed by atoms with Crippen molar-refractivity contribution in [2.24, 2.45) is 11.1 Å². The number of carbonyl (C=O) groups is 1. The fraction of sp³-hybridized carbons (Fsp3) is 0.667. The van der Waals surface area contributed by atoms with E-state index in [1.54, 1.807) is 11.3 Å². The van der Waals surface area contributed by atoms with Crippen LogP contribution < -0.4 is 5.73 Å². The predicted octanol–water partition coefficient (Wildman–Crippen LogP) is 3.03. The van der Waals surface area contributed by atoms with E-state index < -0.39 is 5.41 Å². The number of thiophene rings is 1. The topological polar surface area (TPSA) is 46.3 Å². The Balaban J connectivity index is 0.00000200. The Labute approximate surface area is 131 Å². The van der Waals surface area contributed by atoms with Crippen LogP contribution in [0.5, 0.6) is 0 Å². The maximum absolute atomic E-state index is 12.8. The number of nitrogens with two attached hydrogens (primary N) is 1. The summed E-state index contributed by atoms with van der Waals surface area (Å²) in [5.41, 5.74) is 5.70. The highest BCUT2D eigenvalue weighted by molar-refractivity contribution is 7.10. The number of likely N-dealkylation sites (tertiary alicyclic amines) is 1. The van der Waals surface area contributed by atoms with Crippen molar-refractivity contribution in [3.05, 3.63) is 22.4 Å². The third-order valence-corrected chi connectivity index (χ3v) is 5.46. The van der Waals surface area contributed by atoms with E-state index in [4.69, 9.17) is 5.73 Å². The molecular formula is C15H25ClN2OS. The van der Waals surface area contributed by atoms with Crippen molar-refractivity contribution in [1.82, 2.24) is 4.90 Å². The van der Waals surface area contributed by atoms with E-state index in [0.29, 0.717) is 0 Å². The molecule has 0 bridgehead atoms. The van der Waals surface area contributed by atoms with Crippen LogP contribution in [0.1, 0.15) is 39.0 Å². The highest BCUT2D eigenvalue weighted by Crippen LogP contribution is 2.34. The molecule has 1 aliphatic rings. The average molecular weight is 317 g/mol. The second-order valence-corrected chi connectivity index (χ2v) is 7.66. The molecule has 5 heteroatoms. The van der Waals surface area contributed by atoms with Gasteiger partial charge in [-0.1, -0.05) is 19.9 Å². The standard InChI is InChI=1S/C15H24N2OS.ClH/c1-14(2)10-17(8-7-11(14)16)13(18)15(3,4)12-6-5-9-19-12;/h5-6,9,11H,7-8,10,16H2,1-4H3;1H. The predicted molar refractivity (Wildman–Crippen MR) is 87.5 cm³/mol. The number of hydrogen-bond acceptors (Lipinski definition) is 3. The quantitative estimate of drug-likeness (QED) is 0.911. The Morgan fingerprint density at radius 3 is 2.65 bits per heavy atom. The first-order valence-corrected chi connectivity index (χ1v) is 7.72. The number of hydrogen-bond donors (Lipinski definition) is 1. The summed E-state index contributed by atoms with van der Waals surface area (Å²) in [4.78, 5) is 15.9. The second kappa shape index (κ2) is 6.04. The SMILES string of the molecule is CC(C)(C(=O)N1CCC(N)C(C)(C)C1)c1cccs1.Cl. The molecule has 0 radical (unpaired) electrons. The Bertz CT molecular complexity index is 456. The van der Waals surface area contributed by atoms with Gasteiger partial charge in [0.1, 0.15) is 0 Å². The highest BCUT2D eigenvalue weighted by Gasteiger charge is 2.40. The van der Waals surface area contributed by atoms with E-state index in [-0.39, 0.29) is 29.8 Å². The molecule has 1 amide bonds. The second-order valence-electron chi connectivity index (χ2n) is 6.71. The summed E-state index contributed by atoms with van der Waals surface area (Å²) in [6.45, 7) is 9.86. The van der Waals surface area contributed by atoms with Gasteiger partial charge in [0.05, 0.1) is 5.41 Å². The highest BCUT2D eigenvalue weighted by atomic mass is 35.5. The zero-order valence-electron chi connectivity index (χ0n) is 12.7. The van der Waals surface area contributed by atoms with Crippen LogP contribution in [0.4, 0.5) is 0 Å². The summed E-state index contributed by atoms with van der Waals surface area (Å²) >= 11 is 1.65. The lowest BCUT2D eigenvalue weighted by atomic mass is 9.78. The zero-order chi connectivity index (χ0) is 14.3. The molecule has 1 aliphatic heterocycles. The third kappa shape index (κ3) is 3.18. The van der Waals surface area contributed by atoms with Gasteiger partial charge < -0.3 is 10.6 Å². The average Bonchev–Trinajstić information content (AvgIpc) is 2.86. The van der Waals surface area contributed by atoms with Gasteiger partial charge in [-0.05, 0) is 37.1 Å². The molecule has 1 unspecified atom stereocenters. The lowest BCUT2D eigenvalue weighted by Gasteiger charge is -2.44. The molecule has 1 saturated heterocycles. The molecule has 0 saturated carbocycles. The Morgan fingerprint density at radius 1 is 1.50 bits per heavy atom. The third-order valence-electron chi connectivity index (χ3n) is 4.27. The van der Waals surface area contributed by atoms with Crippen molar-refractivity contribution in [3.63, 3.8) is 0 Å². The molecule has 1 aromatic heterocycles. The van der Waals surface area contributed by atoms with Crippen LogP contribution in [0, 0.1) is 5.41 Å². The van der Waals surface area contributed by atoms with Gasteiger partial charge in [0.25, 0.3) is 0 Å². The van der Waals surface area contributed by atoms with Crippen LogP contribution in [-0.4, -0.2) is 29.9 Å². The summed E-state index contributed by atoms with van der Waals surface area (Å²) in [6, 6.07) is 4.23. The molecular weight excluding hydrogens is 292 g/mol. The monoisotopic (exact) mass is 316 g/mol. The zero-order valence-corrected chi connectivity index (χ0v) is 14.3. The maximum Gasteiger partial charge on any atom is 0.233 e. The van der Waals surface area contributed by atoms with E-state index in [2.05, 4.69) is 13.8 Å². The first-order valence-electron chi connectivity index (χ1n) is 6.84. The summed E-state index contributed by atoms with van der Waals surface area (Å²) in [5, 5.41) is 2.03. The maximum atomic E-state index is 12.8. The molecule has 1 fully saturated rings. The van der Waals surface area contributed by atoms with E-state index in [1.165, 1.54) is 0 Å². The van der Waals surface area contributed by atoms with Gasteiger partial charge in [-0.25, -0.2) is 0 Å².